The third kappa shape index (κ3) is 9.60. The Kier molecular flexibility index (Phi) is 12.9. The summed E-state index contributed by atoms with van der Waals surface area (Å²) in [7, 11) is 0. The Balaban J connectivity index is 1.21. The third-order valence-electron chi connectivity index (χ3n) is 9.36. The summed E-state index contributed by atoms with van der Waals surface area (Å²) < 4.78 is 8.01. The van der Waals surface area contributed by atoms with E-state index in [1.165, 1.54) is 0 Å². The van der Waals surface area contributed by atoms with Crippen molar-refractivity contribution in [1.29, 1.82) is 0 Å². The normalized spacial score (nSPS) is 18.7. The average Bonchev–Trinajstić information content (AvgIpc) is 3.78. The number of carbonyl (C=O) groups excluding carboxylic acids is 2. The van der Waals surface area contributed by atoms with Gasteiger partial charge in [-0.3, -0.25) is 9.59 Å². The monoisotopic (exact) mass is 736 g/mol. The minimum atomic E-state index is -1.51. The summed E-state index contributed by atoms with van der Waals surface area (Å²) >= 11 is 0. The number of aromatic nitrogens is 4. The summed E-state index contributed by atoms with van der Waals surface area (Å²) in [6.45, 7) is 1.56. The van der Waals surface area contributed by atoms with Crippen molar-refractivity contribution in [2.24, 2.45) is 5.73 Å². The van der Waals surface area contributed by atoms with E-state index in [0.717, 1.165) is 11.6 Å². The molecular weight excluding hydrogens is 690 g/mol. The number of unbranched alkanes of at least 4 members (excludes halogenated alkanes) is 2. The molecule has 0 aliphatic carbocycles. The summed E-state index contributed by atoms with van der Waals surface area (Å²) in [4.78, 5) is 81.4. The minimum absolute atomic E-state index is 0.0145. The highest BCUT2D eigenvalue weighted by atomic mass is 16.4. The van der Waals surface area contributed by atoms with Crippen LogP contribution in [0.4, 0.5) is 4.79 Å². The molecule has 4 rings (SSSR count). The molecule has 2 aromatic heterocycles. The van der Waals surface area contributed by atoms with Gasteiger partial charge in [0.15, 0.2) is 26.2 Å². The van der Waals surface area contributed by atoms with Crippen LogP contribution in [-0.2, 0) is 54.9 Å². The SMILES string of the molecule is N[C@@H](CCCC[N+]12Cc3n(cc[n+]3CC(=O)O)C1n1cc[n+](CC(=O)O)c1C2)C(=O)NCCCCC(NC(=O)NC(CCC(=O)O)C(=O)O)C(=O)O. The van der Waals surface area contributed by atoms with Gasteiger partial charge in [-0.1, -0.05) is 0 Å². The van der Waals surface area contributed by atoms with E-state index in [1.807, 2.05) is 21.5 Å². The second kappa shape index (κ2) is 17.1. The highest BCUT2D eigenvalue weighted by Crippen LogP contribution is 2.42. The number of fused-ring (bicyclic) bond motifs is 5. The van der Waals surface area contributed by atoms with Crippen LogP contribution in [0.15, 0.2) is 24.8 Å². The van der Waals surface area contributed by atoms with Gasteiger partial charge in [0.05, 0.1) is 12.6 Å². The van der Waals surface area contributed by atoms with E-state index in [4.69, 9.17) is 10.8 Å². The number of hydrogen-bond donors (Lipinski definition) is 9. The molecule has 284 valence electrons. The highest BCUT2D eigenvalue weighted by Gasteiger charge is 2.62. The summed E-state index contributed by atoms with van der Waals surface area (Å²) in [5, 5.41) is 53.2. The number of nitrogens with one attached hydrogen (secondary N) is 3. The van der Waals surface area contributed by atoms with Crippen LogP contribution < -0.4 is 30.8 Å². The highest BCUT2D eigenvalue weighted by molar-refractivity contribution is 5.86. The Morgan fingerprint density at radius 2 is 1.27 bits per heavy atom. The molecule has 0 saturated heterocycles. The fourth-order valence-corrected chi connectivity index (χ4v) is 6.89. The van der Waals surface area contributed by atoms with Crippen molar-refractivity contribution in [2.75, 3.05) is 13.1 Å². The smallest absolute Gasteiger partial charge is 0.380 e. The number of nitrogens with two attached hydrogens (primary N) is 1. The fourth-order valence-electron chi connectivity index (χ4n) is 6.89. The summed E-state index contributed by atoms with van der Waals surface area (Å²) in [5.41, 5.74) is 6.16. The number of urea groups is 1. The summed E-state index contributed by atoms with van der Waals surface area (Å²) in [5.74, 6) is -4.66. The topological polar surface area (TPSA) is 300 Å². The molecule has 3 amide bonds. The molecule has 4 heterocycles. The number of quaternary nitrogens is 1. The number of imidazole rings is 2. The van der Waals surface area contributed by atoms with Gasteiger partial charge in [-0.05, 0) is 44.9 Å². The van der Waals surface area contributed by atoms with Crippen LogP contribution in [0.2, 0.25) is 0 Å². The number of rotatable bonds is 22. The van der Waals surface area contributed by atoms with Crippen molar-refractivity contribution in [1.82, 2.24) is 25.1 Å². The first-order valence-corrected chi connectivity index (χ1v) is 16.9. The molecule has 2 aliphatic rings. The van der Waals surface area contributed by atoms with Crippen molar-refractivity contribution in [2.45, 2.75) is 102 Å². The minimum Gasteiger partial charge on any atom is -0.481 e. The second-order valence-electron chi connectivity index (χ2n) is 13.1. The molecule has 2 unspecified atom stereocenters. The van der Waals surface area contributed by atoms with Gasteiger partial charge in [-0.15, -0.1) is 9.13 Å². The zero-order chi connectivity index (χ0) is 38.2. The van der Waals surface area contributed by atoms with E-state index in [9.17, 15) is 54.0 Å². The molecule has 0 radical (unpaired) electrons. The average molecular weight is 737 g/mol. The van der Waals surface area contributed by atoms with Crippen LogP contribution in [0.3, 0.4) is 0 Å². The number of amides is 3. The molecule has 0 aromatic carbocycles. The van der Waals surface area contributed by atoms with Gasteiger partial charge < -0.3 is 47.2 Å². The lowest BCUT2D eigenvalue weighted by Crippen LogP contribution is -2.51. The first kappa shape index (κ1) is 39.2. The molecular formula is C31H46N9O12+3. The van der Waals surface area contributed by atoms with Gasteiger partial charge in [0.1, 0.15) is 36.9 Å². The Labute approximate surface area is 296 Å². The van der Waals surface area contributed by atoms with Crippen LogP contribution in [-0.4, -0.2) is 112 Å². The number of carboxylic acids is 5. The van der Waals surface area contributed by atoms with Gasteiger partial charge in [0, 0.05) is 13.0 Å². The molecule has 0 bridgehead atoms. The first-order valence-electron chi connectivity index (χ1n) is 16.9. The lowest BCUT2D eigenvalue weighted by atomic mass is 10.1. The molecule has 2 aromatic rings. The molecule has 21 heteroatoms. The van der Waals surface area contributed by atoms with Crippen LogP contribution in [0.1, 0.15) is 69.3 Å². The number of aliphatic carboxylic acids is 5. The maximum Gasteiger partial charge on any atom is 0.380 e. The molecule has 21 nitrogen and oxygen atoms in total. The number of hydrogen-bond acceptors (Lipinski definition) is 8. The Morgan fingerprint density at radius 1 is 0.750 bits per heavy atom. The standard InChI is InChI=1S/C31H43N9O12/c32-19(27(47)33-9-3-1-6-20(28(48)49)34-30(52)35-21(29(50)51)7-8-24(41)42)5-2-4-14-40-17-22-36(15-25(43)44)10-12-38(22)31(40)39-13-11-37(16-26(45)46)23(39)18-40/h10-13,19-21,31H,1-9,14-18,32H2,(H5-3,33,34,35,41,42,43,44,45,46,47,48,49,50,51,52)/p+3/t19-,20?,21?,31?,40?/m0/s1. The van der Waals surface area contributed by atoms with Crippen LogP contribution in [0, 0.1) is 0 Å². The van der Waals surface area contributed by atoms with Crippen molar-refractivity contribution in [3.63, 3.8) is 0 Å². The van der Waals surface area contributed by atoms with Crippen molar-refractivity contribution in [3.8, 4) is 0 Å². The maximum absolute atomic E-state index is 12.7. The molecule has 52 heavy (non-hydrogen) atoms. The summed E-state index contributed by atoms with van der Waals surface area (Å²) in [6.07, 6.45) is 8.39. The van der Waals surface area contributed by atoms with Gasteiger partial charge in [-0.2, -0.15) is 0 Å². The Hall–Kier alpha value is -5.57. The quantitative estimate of drug-likeness (QED) is 0.0351. The van der Waals surface area contributed by atoms with Crippen LogP contribution in [0.25, 0.3) is 0 Å². The lowest BCUT2D eigenvalue weighted by Gasteiger charge is -2.28. The Morgan fingerprint density at radius 3 is 1.77 bits per heavy atom. The molecule has 0 fully saturated rings. The lowest BCUT2D eigenvalue weighted by molar-refractivity contribution is -0.982. The van der Waals surface area contributed by atoms with E-state index < -0.39 is 60.4 Å². The van der Waals surface area contributed by atoms with Crippen molar-refractivity contribution < 1.29 is 72.7 Å². The largest absolute Gasteiger partial charge is 0.481 e. The number of carbonyl (C=O) groups is 7. The summed E-state index contributed by atoms with van der Waals surface area (Å²) in [6, 6.07) is -4.72. The predicted molar refractivity (Wildman–Crippen MR) is 172 cm³/mol. The number of nitrogens with zero attached hydrogens (tertiary/aromatic N) is 5. The second-order valence-corrected chi connectivity index (χ2v) is 13.1. The third-order valence-corrected chi connectivity index (χ3v) is 9.36. The van der Waals surface area contributed by atoms with E-state index in [2.05, 4.69) is 16.0 Å². The molecule has 3 atom stereocenters. The maximum atomic E-state index is 12.7. The van der Waals surface area contributed by atoms with Crippen molar-refractivity contribution >= 4 is 41.8 Å². The van der Waals surface area contributed by atoms with Crippen molar-refractivity contribution in [3.05, 3.63) is 36.4 Å². The molecule has 10 N–H and O–H groups in total. The van der Waals surface area contributed by atoms with Crippen LogP contribution in [0.5, 0.6) is 0 Å². The zero-order valence-corrected chi connectivity index (χ0v) is 28.4. The van der Waals surface area contributed by atoms with Crippen LogP contribution >= 0.6 is 0 Å². The Bertz CT molecular complexity index is 1620. The van der Waals surface area contributed by atoms with Gasteiger partial charge in [0.2, 0.25) is 5.91 Å². The zero-order valence-electron chi connectivity index (χ0n) is 28.4. The molecule has 2 aliphatic heterocycles. The van der Waals surface area contributed by atoms with Gasteiger partial charge in [0.25, 0.3) is 0 Å². The van der Waals surface area contributed by atoms with Gasteiger partial charge >= 0.3 is 53.8 Å². The molecule has 0 spiro atoms. The van der Waals surface area contributed by atoms with E-state index in [0.29, 0.717) is 56.2 Å². The number of carboxylic acid groups (broad SMARTS) is 5. The fraction of sp³-hybridized carbons (Fsp3) is 0.581. The van der Waals surface area contributed by atoms with Gasteiger partial charge in [-0.25, -0.2) is 37.6 Å². The predicted octanol–water partition coefficient (Wildman–Crippen LogP) is -2.26. The first-order chi connectivity index (χ1) is 24.6. The van der Waals surface area contributed by atoms with E-state index >= 15 is 0 Å². The van der Waals surface area contributed by atoms with E-state index in [-0.39, 0.29) is 44.7 Å². The van der Waals surface area contributed by atoms with E-state index in [1.54, 1.807) is 21.5 Å². The molecule has 0 saturated carbocycles.